The molecule has 1 heterocycles. The van der Waals surface area contributed by atoms with Gasteiger partial charge in [-0.3, -0.25) is 4.79 Å². The van der Waals surface area contributed by atoms with Gasteiger partial charge in [-0.1, -0.05) is 23.2 Å². The normalized spacial score (nSPS) is 16.6. The molecule has 0 bridgehead atoms. The Balaban J connectivity index is 2.25. The van der Waals surface area contributed by atoms with Crippen molar-refractivity contribution in [3.05, 3.63) is 27.7 Å². The molecule has 1 aromatic rings. The van der Waals surface area contributed by atoms with Crippen LogP contribution in [0.2, 0.25) is 10.0 Å². The summed E-state index contributed by atoms with van der Waals surface area (Å²) in [7, 11) is -4.00. The summed E-state index contributed by atoms with van der Waals surface area (Å²) in [5.41, 5.74) is -0.342. The van der Waals surface area contributed by atoms with E-state index in [0.717, 1.165) is 12.1 Å². The molecule has 0 unspecified atom stereocenters. The predicted octanol–water partition coefficient (Wildman–Crippen LogP) is 2.66. The van der Waals surface area contributed by atoms with Gasteiger partial charge in [-0.05, 0) is 31.9 Å². The molecule has 25 heavy (non-hydrogen) atoms. The molecular weight excluding hydrogens is 393 g/mol. The van der Waals surface area contributed by atoms with E-state index in [1.165, 1.54) is 4.31 Å². The van der Waals surface area contributed by atoms with Crippen molar-refractivity contribution in [2.45, 2.75) is 24.7 Å². The number of rotatable bonds is 5. The summed E-state index contributed by atoms with van der Waals surface area (Å²) < 4.78 is 31.7. The van der Waals surface area contributed by atoms with Crippen molar-refractivity contribution in [1.82, 2.24) is 4.31 Å². The van der Waals surface area contributed by atoms with Crippen molar-refractivity contribution in [3.8, 4) is 0 Å². The minimum absolute atomic E-state index is 0.118. The highest BCUT2D eigenvalue weighted by Gasteiger charge is 2.34. The Labute approximate surface area is 155 Å². The lowest BCUT2D eigenvalue weighted by Crippen LogP contribution is -2.40. The lowest BCUT2D eigenvalue weighted by atomic mass is 9.98. The van der Waals surface area contributed by atoms with E-state index in [9.17, 15) is 18.0 Å². The molecule has 10 heteroatoms. The molecule has 0 spiro atoms. The maximum absolute atomic E-state index is 12.8. The van der Waals surface area contributed by atoms with Crippen LogP contribution in [0.3, 0.4) is 0 Å². The highest BCUT2D eigenvalue weighted by atomic mass is 35.5. The predicted molar refractivity (Wildman–Crippen MR) is 91.5 cm³/mol. The van der Waals surface area contributed by atoms with Crippen LogP contribution >= 0.6 is 23.2 Å². The molecule has 1 aliphatic heterocycles. The van der Waals surface area contributed by atoms with Gasteiger partial charge in [-0.25, -0.2) is 13.2 Å². The fourth-order valence-electron chi connectivity index (χ4n) is 2.62. The number of hydrogen-bond acceptors (Lipinski definition) is 5. The molecule has 1 aromatic carbocycles. The number of benzene rings is 1. The van der Waals surface area contributed by atoms with E-state index in [0.29, 0.717) is 12.8 Å². The van der Waals surface area contributed by atoms with E-state index >= 15 is 0 Å². The topological polar surface area (TPSA) is 101 Å². The number of sulfonamides is 1. The standard InChI is InChI=1S/C15H17Cl2NO6S/c1-2-24-15(21)9-3-5-18(6-4-9)25(22,23)13-7-10(14(19)20)11(16)8-12(13)17/h7-9H,2-6H2,1H3,(H,19,20). The quantitative estimate of drug-likeness (QED) is 0.749. The summed E-state index contributed by atoms with van der Waals surface area (Å²) in [5, 5.41) is 8.82. The first-order valence-corrected chi connectivity index (χ1v) is 9.77. The van der Waals surface area contributed by atoms with E-state index in [1.807, 2.05) is 0 Å². The van der Waals surface area contributed by atoms with Gasteiger partial charge in [0.05, 0.1) is 28.1 Å². The van der Waals surface area contributed by atoms with Gasteiger partial charge in [0, 0.05) is 13.1 Å². The van der Waals surface area contributed by atoms with Crippen LogP contribution in [-0.2, 0) is 19.6 Å². The second-order valence-electron chi connectivity index (χ2n) is 5.50. The Kier molecular flexibility index (Phi) is 6.31. The minimum atomic E-state index is -4.00. The Hall–Kier alpha value is -1.35. The van der Waals surface area contributed by atoms with Crippen LogP contribution in [0.4, 0.5) is 0 Å². The fraction of sp³-hybridized carbons (Fsp3) is 0.467. The van der Waals surface area contributed by atoms with Crippen molar-refractivity contribution >= 4 is 45.2 Å². The zero-order chi connectivity index (χ0) is 18.8. The summed E-state index contributed by atoms with van der Waals surface area (Å²) in [5.74, 6) is -2.03. The highest BCUT2D eigenvalue weighted by Crippen LogP contribution is 2.32. The van der Waals surface area contributed by atoms with Crippen molar-refractivity contribution in [3.63, 3.8) is 0 Å². The van der Waals surface area contributed by atoms with Crippen LogP contribution in [0.25, 0.3) is 0 Å². The lowest BCUT2D eigenvalue weighted by molar-refractivity contribution is -0.149. The number of nitrogens with zero attached hydrogens (tertiary/aromatic N) is 1. The smallest absolute Gasteiger partial charge is 0.337 e. The monoisotopic (exact) mass is 409 g/mol. The molecule has 0 amide bonds. The van der Waals surface area contributed by atoms with Crippen LogP contribution in [-0.4, -0.2) is 49.5 Å². The summed E-state index contributed by atoms with van der Waals surface area (Å²) in [6.45, 7) is 2.22. The number of carboxylic acids is 1. The maximum Gasteiger partial charge on any atom is 0.337 e. The third-order valence-corrected chi connectivity index (χ3v) is 6.62. The molecule has 1 aliphatic rings. The largest absolute Gasteiger partial charge is 0.478 e. The third kappa shape index (κ3) is 4.25. The number of hydrogen-bond donors (Lipinski definition) is 1. The SMILES string of the molecule is CCOC(=O)C1CCN(S(=O)(=O)c2cc(C(=O)O)c(Cl)cc2Cl)CC1. The average Bonchev–Trinajstić information content (AvgIpc) is 2.54. The zero-order valence-electron chi connectivity index (χ0n) is 13.4. The van der Waals surface area contributed by atoms with Crippen molar-refractivity contribution in [2.75, 3.05) is 19.7 Å². The van der Waals surface area contributed by atoms with E-state index in [2.05, 4.69) is 0 Å². The summed E-state index contributed by atoms with van der Waals surface area (Å²) >= 11 is 11.8. The first-order valence-electron chi connectivity index (χ1n) is 7.57. The van der Waals surface area contributed by atoms with Crippen molar-refractivity contribution in [2.24, 2.45) is 5.92 Å². The van der Waals surface area contributed by atoms with Crippen LogP contribution in [0.5, 0.6) is 0 Å². The zero-order valence-corrected chi connectivity index (χ0v) is 15.7. The highest BCUT2D eigenvalue weighted by molar-refractivity contribution is 7.89. The van der Waals surface area contributed by atoms with Gasteiger partial charge < -0.3 is 9.84 Å². The van der Waals surface area contributed by atoms with Gasteiger partial charge in [0.15, 0.2) is 0 Å². The molecule has 0 radical (unpaired) electrons. The first-order chi connectivity index (χ1) is 11.7. The fourth-order valence-corrected chi connectivity index (χ4v) is 4.92. The molecule has 0 saturated carbocycles. The van der Waals surface area contributed by atoms with Crippen LogP contribution < -0.4 is 0 Å². The minimum Gasteiger partial charge on any atom is -0.478 e. The number of esters is 1. The van der Waals surface area contributed by atoms with Gasteiger partial charge in [-0.2, -0.15) is 4.31 Å². The molecule has 1 N–H and O–H groups in total. The van der Waals surface area contributed by atoms with Crippen molar-refractivity contribution in [1.29, 1.82) is 0 Å². The molecule has 7 nitrogen and oxygen atoms in total. The third-order valence-electron chi connectivity index (χ3n) is 3.94. The molecule has 138 valence electrons. The molecule has 1 saturated heterocycles. The Bertz CT molecular complexity index is 787. The van der Waals surface area contributed by atoms with E-state index < -0.39 is 16.0 Å². The summed E-state index contributed by atoms with van der Waals surface area (Å²) in [6.07, 6.45) is 0.657. The maximum atomic E-state index is 12.8. The first kappa shape index (κ1) is 20.0. The number of aromatic carboxylic acids is 1. The van der Waals surface area contributed by atoms with E-state index in [-0.39, 0.29) is 52.1 Å². The molecule has 0 aromatic heterocycles. The Morgan fingerprint density at radius 1 is 1.24 bits per heavy atom. The van der Waals surface area contributed by atoms with Crippen LogP contribution in [0, 0.1) is 5.92 Å². The molecule has 0 aliphatic carbocycles. The number of piperidine rings is 1. The average molecular weight is 410 g/mol. The van der Waals surface area contributed by atoms with Gasteiger partial charge in [0.25, 0.3) is 0 Å². The lowest BCUT2D eigenvalue weighted by Gasteiger charge is -2.30. The van der Waals surface area contributed by atoms with Crippen LogP contribution in [0.15, 0.2) is 17.0 Å². The number of carbonyl (C=O) groups excluding carboxylic acids is 1. The van der Waals surface area contributed by atoms with Gasteiger partial charge in [-0.15, -0.1) is 0 Å². The Morgan fingerprint density at radius 3 is 2.36 bits per heavy atom. The molecule has 2 rings (SSSR count). The van der Waals surface area contributed by atoms with E-state index in [1.54, 1.807) is 6.92 Å². The van der Waals surface area contributed by atoms with Crippen molar-refractivity contribution < 1.29 is 27.9 Å². The number of carbonyl (C=O) groups is 2. The van der Waals surface area contributed by atoms with Gasteiger partial charge in [0.1, 0.15) is 4.90 Å². The second-order valence-corrected chi connectivity index (χ2v) is 8.22. The molecular formula is C15H17Cl2NO6S. The molecule has 0 atom stereocenters. The summed E-state index contributed by atoms with van der Waals surface area (Å²) in [4.78, 5) is 22.6. The van der Waals surface area contributed by atoms with E-state index in [4.69, 9.17) is 33.0 Å². The molecule has 1 fully saturated rings. The van der Waals surface area contributed by atoms with Gasteiger partial charge >= 0.3 is 11.9 Å². The van der Waals surface area contributed by atoms with Crippen LogP contribution in [0.1, 0.15) is 30.1 Å². The van der Waals surface area contributed by atoms with Gasteiger partial charge in [0.2, 0.25) is 10.0 Å². The number of ether oxygens (including phenoxy) is 1. The number of halogens is 2. The summed E-state index contributed by atoms with van der Waals surface area (Å²) in [6, 6.07) is 2.06. The second kappa shape index (κ2) is 7.90. The Morgan fingerprint density at radius 2 is 1.84 bits per heavy atom. The number of carboxylic acid groups (broad SMARTS) is 1.